The summed E-state index contributed by atoms with van der Waals surface area (Å²) in [6, 6.07) is -0.124. The number of amides is 2. The van der Waals surface area contributed by atoms with Crippen LogP contribution in [0.2, 0.25) is 5.02 Å². The molecular weight excluding hydrogens is 402 g/mol. The number of anilines is 1. The average Bonchev–Trinajstić information content (AvgIpc) is 3.23. The van der Waals surface area contributed by atoms with Crippen LogP contribution in [0.1, 0.15) is 28.9 Å². The van der Waals surface area contributed by atoms with E-state index in [1.807, 2.05) is 0 Å². The van der Waals surface area contributed by atoms with Crippen molar-refractivity contribution in [2.45, 2.75) is 25.8 Å². The number of H-pyrrole nitrogens is 1. The summed E-state index contributed by atoms with van der Waals surface area (Å²) in [4.78, 5) is 30.3. The molecular formula is C20H21ClF2N4O2. The number of hydrogen-bond acceptors (Lipinski definition) is 3. The molecule has 2 fully saturated rings. The van der Waals surface area contributed by atoms with Crippen LogP contribution in [0.3, 0.4) is 0 Å². The number of hydrogen-bond donors (Lipinski definition) is 2. The smallest absolute Gasteiger partial charge is 0.253 e. The summed E-state index contributed by atoms with van der Waals surface area (Å²) in [7, 11) is 0. The van der Waals surface area contributed by atoms with E-state index in [-0.39, 0.29) is 33.6 Å². The Hall–Kier alpha value is -2.61. The number of piperidine rings is 1. The summed E-state index contributed by atoms with van der Waals surface area (Å²) in [5.74, 6) is -3.41. The summed E-state index contributed by atoms with van der Waals surface area (Å²) in [6.07, 6.45) is 2.87. The van der Waals surface area contributed by atoms with Crippen LogP contribution in [0.4, 0.5) is 14.5 Å². The van der Waals surface area contributed by atoms with Crippen molar-refractivity contribution >= 4 is 40.0 Å². The number of aryl methyl sites for hydroxylation is 1. The first-order valence-electron chi connectivity index (χ1n) is 9.42. The molecule has 29 heavy (non-hydrogen) atoms. The van der Waals surface area contributed by atoms with Crippen LogP contribution in [0.25, 0.3) is 10.9 Å². The molecule has 4 rings (SSSR count). The second-order valence-electron chi connectivity index (χ2n) is 7.62. The molecule has 2 saturated heterocycles. The fourth-order valence-corrected chi connectivity index (χ4v) is 4.94. The number of rotatable bonds is 3. The fraction of sp³-hybridized carbons (Fsp3) is 0.400. The van der Waals surface area contributed by atoms with Crippen LogP contribution in [0.5, 0.6) is 0 Å². The molecule has 0 radical (unpaired) electrons. The van der Waals surface area contributed by atoms with Crippen LogP contribution in [0, 0.1) is 24.5 Å². The van der Waals surface area contributed by atoms with E-state index in [4.69, 9.17) is 17.3 Å². The zero-order valence-electron chi connectivity index (χ0n) is 15.9. The van der Waals surface area contributed by atoms with Crippen molar-refractivity contribution in [3.05, 3.63) is 40.6 Å². The van der Waals surface area contributed by atoms with E-state index in [0.29, 0.717) is 31.2 Å². The minimum absolute atomic E-state index is 0.00629. The molecule has 0 saturated carbocycles. The largest absolute Gasteiger partial charge is 0.366 e. The summed E-state index contributed by atoms with van der Waals surface area (Å²) in [5, 5.41) is 0.443. The zero-order valence-corrected chi connectivity index (χ0v) is 16.7. The van der Waals surface area contributed by atoms with Gasteiger partial charge in [-0.25, -0.2) is 8.78 Å². The third-order valence-electron chi connectivity index (χ3n) is 6.10. The molecule has 2 aromatic rings. The van der Waals surface area contributed by atoms with Gasteiger partial charge in [-0.1, -0.05) is 18.2 Å². The first-order valence-corrected chi connectivity index (χ1v) is 9.80. The second-order valence-corrected chi connectivity index (χ2v) is 7.99. The number of carbonyl (C=O) groups is 2. The highest BCUT2D eigenvalue weighted by molar-refractivity contribution is 6.38. The van der Waals surface area contributed by atoms with Crippen molar-refractivity contribution in [1.29, 1.82) is 0 Å². The SMILES string of the molecule is C=CC(=O)N1CCC2CCN(c3c(F)c(F)c(C(N)=O)c4[nH]c(C)c(Cl)c34)CC21. The van der Waals surface area contributed by atoms with Gasteiger partial charge in [-0.15, -0.1) is 0 Å². The number of nitrogens with zero attached hydrogens (tertiary/aromatic N) is 2. The van der Waals surface area contributed by atoms with Crippen LogP contribution < -0.4 is 10.6 Å². The van der Waals surface area contributed by atoms with Crippen molar-refractivity contribution in [2.75, 3.05) is 24.5 Å². The Morgan fingerprint density at radius 3 is 2.62 bits per heavy atom. The van der Waals surface area contributed by atoms with Gasteiger partial charge >= 0.3 is 0 Å². The summed E-state index contributed by atoms with van der Waals surface area (Å²) in [5.41, 5.74) is 5.31. The summed E-state index contributed by atoms with van der Waals surface area (Å²) < 4.78 is 30.0. The van der Waals surface area contributed by atoms with Crippen molar-refractivity contribution in [3.63, 3.8) is 0 Å². The van der Waals surface area contributed by atoms with Gasteiger partial charge < -0.3 is 20.5 Å². The zero-order chi connectivity index (χ0) is 21.0. The molecule has 2 aliphatic heterocycles. The van der Waals surface area contributed by atoms with Gasteiger partial charge in [-0.05, 0) is 31.8 Å². The van der Waals surface area contributed by atoms with Crippen LogP contribution in [-0.4, -0.2) is 47.4 Å². The Labute approximate surface area is 171 Å². The molecule has 0 bridgehead atoms. The highest BCUT2D eigenvalue weighted by Gasteiger charge is 2.41. The van der Waals surface area contributed by atoms with Gasteiger partial charge in [0.1, 0.15) is 5.56 Å². The second kappa shape index (κ2) is 7.02. The van der Waals surface area contributed by atoms with Gasteiger partial charge in [0.15, 0.2) is 11.6 Å². The number of halogens is 3. The number of nitrogens with two attached hydrogens (primary N) is 1. The van der Waals surface area contributed by atoms with Crippen LogP contribution in [-0.2, 0) is 4.79 Å². The first kappa shape index (κ1) is 19.7. The van der Waals surface area contributed by atoms with Gasteiger partial charge in [-0.3, -0.25) is 9.59 Å². The third-order valence-corrected chi connectivity index (χ3v) is 6.57. The lowest BCUT2D eigenvalue weighted by molar-refractivity contribution is -0.127. The number of aromatic nitrogens is 1. The molecule has 9 heteroatoms. The van der Waals surface area contributed by atoms with E-state index in [1.54, 1.807) is 16.7 Å². The standard InChI is InChI=1S/C20H21ClF2N4O2/c1-3-12(28)27-7-5-10-4-6-26(8-11(10)27)19-13-15(21)9(2)25-18(13)14(20(24)29)16(22)17(19)23/h3,10-11,25H,1,4-8H2,2H3,(H2,24,29). The van der Waals surface area contributed by atoms with Crippen molar-refractivity contribution in [1.82, 2.24) is 9.88 Å². The van der Waals surface area contributed by atoms with E-state index in [0.717, 1.165) is 12.8 Å². The lowest BCUT2D eigenvalue weighted by atomic mass is 9.91. The minimum Gasteiger partial charge on any atom is -0.366 e. The number of primary amides is 1. The molecule has 3 N–H and O–H groups in total. The molecule has 2 aliphatic rings. The molecule has 0 spiro atoms. The number of likely N-dealkylation sites (tertiary alicyclic amines) is 1. The first-order chi connectivity index (χ1) is 13.8. The maximum atomic E-state index is 15.2. The maximum absolute atomic E-state index is 15.2. The molecule has 1 aromatic carbocycles. The van der Waals surface area contributed by atoms with E-state index < -0.39 is 23.1 Å². The van der Waals surface area contributed by atoms with Crippen molar-refractivity contribution in [2.24, 2.45) is 11.7 Å². The number of carbonyl (C=O) groups excluding carboxylic acids is 2. The molecule has 6 nitrogen and oxygen atoms in total. The number of fused-ring (bicyclic) bond motifs is 2. The Kier molecular flexibility index (Phi) is 4.77. The molecule has 2 unspecified atom stereocenters. The highest BCUT2D eigenvalue weighted by Crippen LogP contribution is 2.43. The Balaban J connectivity index is 1.85. The molecule has 1 aromatic heterocycles. The summed E-state index contributed by atoms with van der Waals surface area (Å²) >= 11 is 6.40. The van der Waals surface area contributed by atoms with E-state index in [9.17, 15) is 14.0 Å². The molecule has 3 heterocycles. The maximum Gasteiger partial charge on any atom is 0.253 e. The number of benzene rings is 1. The normalized spacial score (nSPS) is 21.5. The summed E-state index contributed by atoms with van der Waals surface area (Å²) in [6.45, 7) is 6.64. The predicted molar refractivity (Wildman–Crippen MR) is 107 cm³/mol. The highest BCUT2D eigenvalue weighted by atomic mass is 35.5. The van der Waals surface area contributed by atoms with Gasteiger partial charge in [0.2, 0.25) is 5.91 Å². The van der Waals surface area contributed by atoms with E-state index >= 15 is 4.39 Å². The predicted octanol–water partition coefficient (Wildman–Crippen LogP) is 3.12. The van der Waals surface area contributed by atoms with E-state index in [1.165, 1.54) is 6.08 Å². The molecule has 154 valence electrons. The molecule has 2 atom stereocenters. The third kappa shape index (κ3) is 2.88. The van der Waals surface area contributed by atoms with Gasteiger partial charge in [0, 0.05) is 30.7 Å². The minimum atomic E-state index is -1.30. The fourth-order valence-electron chi connectivity index (χ4n) is 4.71. The average molecular weight is 423 g/mol. The van der Waals surface area contributed by atoms with Crippen LogP contribution >= 0.6 is 11.6 Å². The number of aromatic amines is 1. The molecule has 0 aliphatic carbocycles. The molecule has 2 amide bonds. The van der Waals surface area contributed by atoms with Crippen molar-refractivity contribution in [3.8, 4) is 0 Å². The topological polar surface area (TPSA) is 82.4 Å². The Morgan fingerprint density at radius 1 is 1.28 bits per heavy atom. The van der Waals surface area contributed by atoms with Gasteiger partial charge in [0.25, 0.3) is 5.91 Å². The quantitative estimate of drug-likeness (QED) is 0.745. The lowest BCUT2D eigenvalue weighted by Gasteiger charge is -2.39. The van der Waals surface area contributed by atoms with Crippen molar-refractivity contribution < 1.29 is 18.4 Å². The Morgan fingerprint density at radius 2 is 1.97 bits per heavy atom. The monoisotopic (exact) mass is 422 g/mol. The Bertz CT molecular complexity index is 1050. The lowest BCUT2D eigenvalue weighted by Crippen LogP contribution is -2.50. The number of nitrogens with one attached hydrogen (secondary N) is 1. The van der Waals surface area contributed by atoms with Crippen LogP contribution in [0.15, 0.2) is 12.7 Å². The van der Waals surface area contributed by atoms with Gasteiger partial charge in [-0.2, -0.15) is 0 Å². The van der Waals surface area contributed by atoms with E-state index in [2.05, 4.69) is 11.6 Å². The van der Waals surface area contributed by atoms with Gasteiger partial charge in [0.05, 0.1) is 22.3 Å².